The van der Waals surface area contributed by atoms with Crippen molar-refractivity contribution in [1.82, 2.24) is 4.98 Å². The van der Waals surface area contributed by atoms with E-state index in [2.05, 4.69) is 4.98 Å². The maximum atomic E-state index is 12.4. The van der Waals surface area contributed by atoms with E-state index in [1.54, 1.807) is 0 Å². The molecule has 110 valence electrons. The van der Waals surface area contributed by atoms with Gasteiger partial charge in [0.25, 0.3) is 0 Å². The van der Waals surface area contributed by atoms with Crippen LogP contribution in [0.2, 0.25) is 5.15 Å². The van der Waals surface area contributed by atoms with E-state index in [1.807, 2.05) is 0 Å². The molecular formula is C13H7ClF3NO3. The Labute approximate surface area is 121 Å². The van der Waals surface area contributed by atoms with Gasteiger partial charge < -0.3 is 9.84 Å². The third-order valence-electron chi connectivity index (χ3n) is 2.42. The Hall–Kier alpha value is -2.28. The van der Waals surface area contributed by atoms with Crippen LogP contribution in [0.25, 0.3) is 0 Å². The lowest BCUT2D eigenvalue weighted by molar-refractivity contribution is -0.137. The molecule has 0 aliphatic carbocycles. The van der Waals surface area contributed by atoms with Crippen molar-refractivity contribution in [2.24, 2.45) is 0 Å². The van der Waals surface area contributed by atoms with Crippen LogP contribution in [-0.2, 0) is 6.18 Å². The Morgan fingerprint density at radius 1 is 1.19 bits per heavy atom. The van der Waals surface area contributed by atoms with Crippen molar-refractivity contribution in [3.8, 4) is 11.6 Å². The summed E-state index contributed by atoms with van der Waals surface area (Å²) in [5.41, 5.74) is -0.961. The Morgan fingerprint density at radius 2 is 1.81 bits per heavy atom. The fraction of sp³-hybridized carbons (Fsp3) is 0.0769. The summed E-state index contributed by atoms with van der Waals surface area (Å²) < 4.78 is 42.4. The van der Waals surface area contributed by atoms with E-state index < -0.39 is 17.7 Å². The number of aromatic carboxylic acids is 1. The van der Waals surface area contributed by atoms with Gasteiger partial charge in [0.1, 0.15) is 10.9 Å². The molecular weight excluding hydrogens is 311 g/mol. The first-order valence-electron chi connectivity index (χ1n) is 5.52. The highest BCUT2D eigenvalue weighted by Gasteiger charge is 2.30. The van der Waals surface area contributed by atoms with Gasteiger partial charge >= 0.3 is 12.1 Å². The highest BCUT2D eigenvalue weighted by molar-refractivity contribution is 6.29. The molecule has 1 N–H and O–H groups in total. The molecule has 0 aliphatic heterocycles. The van der Waals surface area contributed by atoms with Gasteiger partial charge in [-0.3, -0.25) is 0 Å². The van der Waals surface area contributed by atoms with Crippen LogP contribution in [0.5, 0.6) is 11.6 Å². The Bertz CT molecular complexity index is 671. The first kappa shape index (κ1) is 15.1. The molecule has 2 rings (SSSR count). The van der Waals surface area contributed by atoms with Crippen molar-refractivity contribution < 1.29 is 27.8 Å². The molecule has 0 bridgehead atoms. The zero-order chi connectivity index (χ0) is 15.6. The van der Waals surface area contributed by atoms with Gasteiger partial charge in [-0.2, -0.15) is 13.2 Å². The molecule has 1 heterocycles. The van der Waals surface area contributed by atoms with Crippen molar-refractivity contribution in [2.75, 3.05) is 0 Å². The highest BCUT2D eigenvalue weighted by atomic mass is 35.5. The second-order valence-electron chi connectivity index (χ2n) is 3.95. The number of carboxylic acid groups (broad SMARTS) is 1. The molecule has 0 spiro atoms. The van der Waals surface area contributed by atoms with Crippen molar-refractivity contribution in [2.45, 2.75) is 6.18 Å². The zero-order valence-electron chi connectivity index (χ0n) is 10.2. The summed E-state index contributed by atoms with van der Waals surface area (Å²) in [6.07, 6.45) is -4.44. The normalized spacial score (nSPS) is 11.2. The SMILES string of the molecule is O=C(O)c1cc(Cl)nc(Oc2ccc(C(F)(F)F)cc2)c1. The number of carboxylic acids is 1. The van der Waals surface area contributed by atoms with Crippen LogP contribution in [0.15, 0.2) is 36.4 Å². The lowest BCUT2D eigenvalue weighted by Crippen LogP contribution is -2.04. The van der Waals surface area contributed by atoms with Crippen molar-refractivity contribution in [3.63, 3.8) is 0 Å². The quantitative estimate of drug-likeness (QED) is 0.860. The fourth-order valence-electron chi connectivity index (χ4n) is 1.48. The minimum Gasteiger partial charge on any atom is -0.478 e. The van der Waals surface area contributed by atoms with Crippen LogP contribution < -0.4 is 4.74 Å². The Balaban J connectivity index is 2.24. The van der Waals surface area contributed by atoms with Crippen LogP contribution in [0.4, 0.5) is 13.2 Å². The number of rotatable bonds is 3. The number of nitrogens with zero attached hydrogens (tertiary/aromatic N) is 1. The van der Waals surface area contributed by atoms with Gasteiger partial charge in [0.2, 0.25) is 5.88 Å². The zero-order valence-corrected chi connectivity index (χ0v) is 10.9. The minimum absolute atomic E-state index is 0.0779. The molecule has 2 aromatic rings. The highest BCUT2D eigenvalue weighted by Crippen LogP contribution is 2.31. The number of ether oxygens (including phenoxy) is 1. The monoisotopic (exact) mass is 317 g/mol. The van der Waals surface area contributed by atoms with Crippen molar-refractivity contribution in [3.05, 3.63) is 52.7 Å². The van der Waals surface area contributed by atoms with E-state index in [9.17, 15) is 18.0 Å². The fourth-order valence-corrected chi connectivity index (χ4v) is 1.68. The molecule has 0 amide bonds. The molecule has 0 saturated carbocycles. The van der Waals surface area contributed by atoms with Gasteiger partial charge in [-0.15, -0.1) is 0 Å². The minimum atomic E-state index is -4.44. The number of aromatic nitrogens is 1. The summed E-state index contributed by atoms with van der Waals surface area (Å²) in [7, 11) is 0. The average molecular weight is 318 g/mol. The van der Waals surface area contributed by atoms with Crippen LogP contribution in [0.3, 0.4) is 0 Å². The van der Waals surface area contributed by atoms with Gasteiger partial charge in [0.15, 0.2) is 0 Å². The van der Waals surface area contributed by atoms with Crippen molar-refractivity contribution >= 4 is 17.6 Å². The second-order valence-corrected chi connectivity index (χ2v) is 4.33. The summed E-state index contributed by atoms with van der Waals surface area (Å²) in [6, 6.07) is 6.14. The van der Waals surface area contributed by atoms with Crippen LogP contribution >= 0.6 is 11.6 Å². The maximum Gasteiger partial charge on any atom is 0.416 e. The molecule has 1 aromatic carbocycles. The van der Waals surface area contributed by atoms with E-state index in [-0.39, 0.29) is 22.3 Å². The summed E-state index contributed by atoms with van der Waals surface area (Å²) in [4.78, 5) is 14.6. The van der Waals surface area contributed by atoms with Crippen LogP contribution in [0, 0.1) is 0 Å². The number of hydrogen-bond acceptors (Lipinski definition) is 3. The van der Waals surface area contributed by atoms with E-state index in [4.69, 9.17) is 21.4 Å². The Kier molecular flexibility index (Phi) is 4.04. The number of benzene rings is 1. The number of halogens is 4. The summed E-state index contributed by atoms with van der Waals surface area (Å²) >= 11 is 5.64. The van der Waals surface area contributed by atoms with Gasteiger partial charge in [-0.05, 0) is 30.3 Å². The van der Waals surface area contributed by atoms with Crippen LogP contribution in [-0.4, -0.2) is 16.1 Å². The molecule has 0 unspecified atom stereocenters. The molecule has 21 heavy (non-hydrogen) atoms. The van der Waals surface area contributed by atoms with E-state index in [0.29, 0.717) is 0 Å². The summed E-state index contributed by atoms with van der Waals surface area (Å²) in [5, 5.41) is 8.76. The van der Waals surface area contributed by atoms with E-state index >= 15 is 0 Å². The predicted octanol–water partition coefficient (Wildman–Crippen LogP) is 4.24. The first-order valence-corrected chi connectivity index (χ1v) is 5.89. The third-order valence-corrected chi connectivity index (χ3v) is 2.62. The first-order chi connectivity index (χ1) is 9.75. The van der Waals surface area contributed by atoms with Gasteiger partial charge in [-0.25, -0.2) is 9.78 Å². The average Bonchev–Trinajstić information content (AvgIpc) is 2.37. The largest absolute Gasteiger partial charge is 0.478 e. The second kappa shape index (κ2) is 5.61. The molecule has 0 aliphatic rings. The summed E-state index contributed by atoms with van der Waals surface area (Å²) in [6.45, 7) is 0. The van der Waals surface area contributed by atoms with Crippen LogP contribution in [0.1, 0.15) is 15.9 Å². The predicted molar refractivity (Wildman–Crippen MR) is 67.7 cm³/mol. The molecule has 0 radical (unpaired) electrons. The molecule has 0 fully saturated rings. The van der Waals surface area contributed by atoms with Gasteiger partial charge in [-0.1, -0.05) is 11.6 Å². The lowest BCUT2D eigenvalue weighted by Gasteiger charge is -2.09. The third kappa shape index (κ3) is 3.85. The molecule has 8 heteroatoms. The lowest BCUT2D eigenvalue weighted by atomic mass is 10.2. The van der Waals surface area contributed by atoms with Crippen molar-refractivity contribution in [1.29, 1.82) is 0 Å². The standard InChI is InChI=1S/C13H7ClF3NO3/c14-10-5-7(12(19)20)6-11(18-10)21-9-3-1-8(2-4-9)13(15,16)17/h1-6H,(H,19,20). The number of pyridine rings is 1. The topological polar surface area (TPSA) is 59.4 Å². The Morgan fingerprint density at radius 3 is 2.33 bits per heavy atom. The molecule has 0 saturated heterocycles. The molecule has 1 aromatic heterocycles. The molecule has 4 nitrogen and oxygen atoms in total. The molecule has 0 atom stereocenters. The summed E-state index contributed by atoms with van der Waals surface area (Å²) in [5.74, 6) is -1.27. The number of carbonyl (C=O) groups is 1. The number of alkyl halides is 3. The van der Waals surface area contributed by atoms with E-state index in [0.717, 1.165) is 36.4 Å². The number of hydrogen-bond donors (Lipinski definition) is 1. The maximum absolute atomic E-state index is 12.4. The van der Waals surface area contributed by atoms with E-state index in [1.165, 1.54) is 0 Å². The smallest absolute Gasteiger partial charge is 0.416 e. The van der Waals surface area contributed by atoms with Gasteiger partial charge in [0, 0.05) is 6.07 Å². The van der Waals surface area contributed by atoms with Gasteiger partial charge in [0.05, 0.1) is 11.1 Å².